The number of fused-ring (bicyclic) bond motifs is 1. The van der Waals surface area contributed by atoms with E-state index >= 15 is 0 Å². The number of aliphatic hydroxyl groups is 1. The molecule has 0 radical (unpaired) electrons. The van der Waals surface area contributed by atoms with Crippen molar-refractivity contribution in [3.05, 3.63) is 0 Å². The van der Waals surface area contributed by atoms with Crippen LogP contribution < -0.4 is 0 Å². The van der Waals surface area contributed by atoms with E-state index in [4.69, 9.17) is 14.2 Å². The van der Waals surface area contributed by atoms with Crippen LogP contribution in [0.1, 0.15) is 46.5 Å². The number of hydrogen-bond donors (Lipinski definition) is 1. The van der Waals surface area contributed by atoms with Crippen LogP contribution in [0.5, 0.6) is 0 Å². The van der Waals surface area contributed by atoms with Crippen molar-refractivity contribution in [3.63, 3.8) is 0 Å². The van der Waals surface area contributed by atoms with Crippen LogP contribution in [-0.2, 0) is 14.2 Å². The molecule has 2 aliphatic rings. The standard InChI is InChI=1S/C15H24O4/c1-4-5-6-7-8-9-11-13(16)14-12(18-11)10-17-15(2,3)19-14/h11-14,16H,4-6,9-10H2,1-3H3/t11-,12-,13+,14+/m0/s1. The Morgan fingerprint density at radius 3 is 2.84 bits per heavy atom. The zero-order valence-corrected chi connectivity index (χ0v) is 12.0. The highest BCUT2D eigenvalue weighted by Gasteiger charge is 2.49. The Labute approximate surface area is 115 Å². The van der Waals surface area contributed by atoms with E-state index in [1.54, 1.807) is 0 Å². The van der Waals surface area contributed by atoms with Gasteiger partial charge in [0.05, 0.1) is 12.7 Å². The summed E-state index contributed by atoms with van der Waals surface area (Å²) in [5.41, 5.74) is 0. The van der Waals surface area contributed by atoms with Crippen molar-refractivity contribution in [2.45, 2.75) is 76.7 Å². The van der Waals surface area contributed by atoms with E-state index in [0.29, 0.717) is 13.0 Å². The van der Waals surface area contributed by atoms with Crippen molar-refractivity contribution < 1.29 is 19.3 Å². The van der Waals surface area contributed by atoms with Gasteiger partial charge in [-0.1, -0.05) is 13.3 Å². The molecule has 2 aliphatic heterocycles. The lowest BCUT2D eigenvalue weighted by atomic mass is 10.0. The Kier molecular flexibility index (Phi) is 4.86. The normalized spacial score (nSPS) is 36.4. The fraction of sp³-hybridized carbons (Fsp3) is 0.867. The van der Waals surface area contributed by atoms with E-state index in [0.717, 1.165) is 19.3 Å². The smallest absolute Gasteiger partial charge is 0.163 e. The molecular weight excluding hydrogens is 244 g/mol. The monoisotopic (exact) mass is 268 g/mol. The molecule has 0 aromatic carbocycles. The first-order valence-electron chi connectivity index (χ1n) is 7.14. The van der Waals surface area contributed by atoms with Crippen LogP contribution >= 0.6 is 0 Å². The molecule has 0 unspecified atom stereocenters. The molecule has 2 fully saturated rings. The third-order valence-corrected chi connectivity index (χ3v) is 3.53. The molecule has 0 aliphatic carbocycles. The molecule has 0 amide bonds. The first-order chi connectivity index (χ1) is 9.03. The van der Waals surface area contributed by atoms with Crippen LogP contribution in [0.4, 0.5) is 0 Å². The summed E-state index contributed by atoms with van der Waals surface area (Å²) in [5, 5.41) is 10.2. The van der Waals surface area contributed by atoms with Gasteiger partial charge in [0.2, 0.25) is 0 Å². The van der Waals surface area contributed by atoms with Gasteiger partial charge < -0.3 is 19.3 Å². The van der Waals surface area contributed by atoms with Crippen molar-refractivity contribution in [1.29, 1.82) is 0 Å². The van der Waals surface area contributed by atoms with E-state index < -0.39 is 11.9 Å². The van der Waals surface area contributed by atoms with Gasteiger partial charge in [0, 0.05) is 12.8 Å². The number of ether oxygens (including phenoxy) is 3. The van der Waals surface area contributed by atoms with Crippen molar-refractivity contribution >= 4 is 0 Å². The Morgan fingerprint density at radius 2 is 2.11 bits per heavy atom. The number of unbranched alkanes of at least 4 members (excludes halogenated alkanes) is 2. The van der Waals surface area contributed by atoms with E-state index in [9.17, 15) is 5.11 Å². The van der Waals surface area contributed by atoms with E-state index in [2.05, 4.69) is 18.8 Å². The summed E-state index contributed by atoms with van der Waals surface area (Å²) in [6.45, 7) is 6.32. The van der Waals surface area contributed by atoms with Gasteiger partial charge in [-0.25, -0.2) is 0 Å². The van der Waals surface area contributed by atoms with Gasteiger partial charge in [0.15, 0.2) is 5.79 Å². The molecule has 2 heterocycles. The molecule has 2 rings (SSSR count). The molecule has 108 valence electrons. The second-order valence-electron chi connectivity index (χ2n) is 5.66. The lowest BCUT2D eigenvalue weighted by Crippen LogP contribution is -2.50. The average molecular weight is 268 g/mol. The van der Waals surface area contributed by atoms with Crippen LogP contribution in [-0.4, -0.2) is 41.9 Å². The highest BCUT2D eigenvalue weighted by Crippen LogP contribution is 2.34. The Bertz CT molecular complexity index is 355. The quantitative estimate of drug-likeness (QED) is 0.627. The van der Waals surface area contributed by atoms with Gasteiger partial charge in [-0.05, 0) is 20.3 Å². The first kappa shape index (κ1) is 14.8. The van der Waals surface area contributed by atoms with Gasteiger partial charge in [-0.15, -0.1) is 11.8 Å². The second kappa shape index (κ2) is 6.23. The molecule has 4 nitrogen and oxygen atoms in total. The predicted molar refractivity (Wildman–Crippen MR) is 71.5 cm³/mol. The van der Waals surface area contributed by atoms with Crippen LogP contribution in [0.3, 0.4) is 0 Å². The Hall–Kier alpha value is -0.600. The van der Waals surface area contributed by atoms with Crippen LogP contribution in [0, 0.1) is 11.8 Å². The summed E-state index contributed by atoms with van der Waals surface area (Å²) in [7, 11) is 0. The third-order valence-electron chi connectivity index (χ3n) is 3.53. The molecule has 0 aromatic heterocycles. The maximum Gasteiger partial charge on any atom is 0.163 e. The number of aliphatic hydroxyl groups excluding tert-OH is 1. The van der Waals surface area contributed by atoms with Gasteiger partial charge in [0.25, 0.3) is 0 Å². The van der Waals surface area contributed by atoms with Crippen molar-refractivity contribution in [2.75, 3.05) is 6.61 Å². The van der Waals surface area contributed by atoms with E-state index in [-0.39, 0.29) is 18.3 Å². The Balaban J connectivity index is 1.86. The number of hydrogen-bond acceptors (Lipinski definition) is 4. The summed E-state index contributed by atoms with van der Waals surface area (Å²) >= 11 is 0. The predicted octanol–water partition coefficient (Wildman–Crippen LogP) is 1.85. The van der Waals surface area contributed by atoms with Crippen LogP contribution in [0.25, 0.3) is 0 Å². The first-order valence-corrected chi connectivity index (χ1v) is 7.14. The SMILES string of the molecule is CCCCC#CC[C@@H]1O[C@H]2COC(C)(C)O[C@H]2[C@@H]1O. The van der Waals surface area contributed by atoms with Gasteiger partial charge in [-0.2, -0.15) is 0 Å². The molecule has 2 saturated heterocycles. The van der Waals surface area contributed by atoms with Gasteiger partial charge in [0.1, 0.15) is 18.3 Å². The molecule has 4 heteroatoms. The fourth-order valence-corrected chi connectivity index (χ4v) is 2.43. The number of rotatable bonds is 3. The zero-order chi connectivity index (χ0) is 13.9. The van der Waals surface area contributed by atoms with Crippen molar-refractivity contribution in [2.24, 2.45) is 0 Å². The topological polar surface area (TPSA) is 47.9 Å². The summed E-state index contributed by atoms with van der Waals surface area (Å²) in [6, 6.07) is 0. The summed E-state index contributed by atoms with van der Waals surface area (Å²) in [5.74, 6) is 5.56. The molecule has 0 saturated carbocycles. The highest BCUT2D eigenvalue weighted by atomic mass is 16.7. The van der Waals surface area contributed by atoms with Crippen LogP contribution in [0.2, 0.25) is 0 Å². The summed E-state index contributed by atoms with van der Waals surface area (Å²) in [6.07, 6.45) is 2.39. The summed E-state index contributed by atoms with van der Waals surface area (Å²) < 4.78 is 17.1. The molecule has 0 spiro atoms. The molecule has 4 atom stereocenters. The highest BCUT2D eigenvalue weighted by molar-refractivity contribution is 5.05. The molecule has 1 N–H and O–H groups in total. The Morgan fingerprint density at radius 1 is 1.32 bits per heavy atom. The van der Waals surface area contributed by atoms with Crippen molar-refractivity contribution in [1.82, 2.24) is 0 Å². The lowest BCUT2D eigenvalue weighted by molar-refractivity contribution is -0.300. The average Bonchev–Trinajstić information content (AvgIpc) is 2.65. The minimum absolute atomic E-state index is 0.175. The maximum atomic E-state index is 10.2. The van der Waals surface area contributed by atoms with Gasteiger partial charge >= 0.3 is 0 Å². The largest absolute Gasteiger partial charge is 0.388 e. The summed E-state index contributed by atoms with van der Waals surface area (Å²) in [4.78, 5) is 0. The lowest BCUT2D eigenvalue weighted by Gasteiger charge is -2.37. The molecule has 0 bridgehead atoms. The molecule has 19 heavy (non-hydrogen) atoms. The van der Waals surface area contributed by atoms with E-state index in [1.165, 1.54) is 0 Å². The van der Waals surface area contributed by atoms with E-state index in [1.807, 2.05) is 13.8 Å². The minimum Gasteiger partial charge on any atom is -0.388 e. The minimum atomic E-state index is -0.646. The molecular formula is C15H24O4. The third kappa shape index (κ3) is 3.70. The van der Waals surface area contributed by atoms with Crippen molar-refractivity contribution in [3.8, 4) is 11.8 Å². The maximum absolute atomic E-state index is 10.2. The zero-order valence-electron chi connectivity index (χ0n) is 12.0. The fourth-order valence-electron chi connectivity index (χ4n) is 2.43. The second-order valence-corrected chi connectivity index (χ2v) is 5.66. The van der Waals surface area contributed by atoms with Gasteiger partial charge in [-0.3, -0.25) is 0 Å². The van der Waals surface area contributed by atoms with Crippen LogP contribution in [0.15, 0.2) is 0 Å². The molecule has 0 aromatic rings.